The standard InChI is InChI=1S/C14H16N2O3S2/c1-9-3-5-11(6-4-9)14-16-12(7-20-14)8-21(18,19)10(2)13(15)17/h3-7,10H,8H2,1-2H3,(H2,15,17). The first-order valence-electron chi connectivity index (χ1n) is 6.32. The van der Waals surface area contributed by atoms with Gasteiger partial charge >= 0.3 is 0 Å². The molecule has 0 radical (unpaired) electrons. The van der Waals surface area contributed by atoms with Crippen LogP contribution in [0.15, 0.2) is 29.6 Å². The lowest BCUT2D eigenvalue weighted by atomic mass is 10.2. The van der Waals surface area contributed by atoms with Gasteiger partial charge in [-0.15, -0.1) is 11.3 Å². The van der Waals surface area contributed by atoms with Gasteiger partial charge in [0.25, 0.3) is 0 Å². The van der Waals surface area contributed by atoms with Crippen LogP contribution in [-0.4, -0.2) is 24.6 Å². The summed E-state index contributed by atoms with van der Waals surface area (Å²) >= 11 is 1.38. The Morgan fingerprint density at radius 1 is 1.33 bits per heavy atom. The summed E-state index contributed by atoms with van der Waals surface area (Å²) in [5, 5.41) is 1.24. The molecule has 0 saturated heterocycles. The normalized spacial score (nSPS) is 13.0. The number of carbonyl (C=O) groups is 1. The molecule has 1 aromatic heterocycles. The fraction of sp³-hybridized carbons (Fsp3) is 0.286. The number of primary amides is 1. The quantitative estimate of drug-likeness (QED) is 0.909. The molecular weight excluding hydrogens is 308 g/mol. The number of thiazole rings is 1. The first-order chi connectivity index (χ1) is 9.79. The van der Waals surface area contributed by atoms with Gasteiger partial charge in [-0.25, -0.2) is 13.4 Å². The zero-order chi connectivity index (χ0) is 15.6. The number of aryl methyl sites for hydroxylation is 1. The average molecular weight is 324 g/mol. The van der Waals surface area contributed by atoms with Crippen LogP contribution in [0.4, 0.5) is 0 Å². The number of hydrogen-bond acceptors (Lipinski definition) is 5. The maximum absolute atomic E-state index is 12.0. The summed E-state index contributed by atoms with van der Waals surface area (Å²) in [4.78, 5) is 15.3. The topological polar surface area (TPSA) is 90.1 Å². The highest BCUT2D eigenvalue weighted by atomic mass is 32.2. The largest absolute Gasteiger partial charge is 0.369 e. The molecule has 0 aliphatic heterocycles. The van der Waals surface area contributed by atoms with Gasteiger partial charge in [-0.1, -0.05) is 29.8 Å². The Labute approximate surface area is 127 Å². The third-order valence-corrected chi connectivity index (χ3v) is 6.09. The number of benzene rings is 1. The first-order valence-corrected chi connectivity index (χ1v) is 8.91. The van der Waals surface area contributed by atoms with E-state index in [0.29, 0.717) is 5.69 Å². The third-order valence-electron chi connectivity index (χ3n) is 3.14. The lowest BCUT2D eigenvalue weighted by molar-refractivity contribution is -0.117. The van der Waals surface area contributed by atoms with E-state index in [1.165, 1.54) is 18.3 Å². The number of nitrogens with zero attached hydrogens (tertiary/aromatic N) is 1. The van der Waals surface area contributed by atoms with Crippen LogP contribution in [0.5, 0.6) is 0 Å². The minimum Gasteiger partial charge on any atom is -0.369 e. The number of amides is 1. The number of sulfone groups is 1. The summed E-state index contributed by atoms with van der Waals surface area (Å²) in [6.45, 7) is 3.29. The van der Waals surface area contributed by atoms with Crippen molar-refractivity contribution in [2.75, 3.05) is 0 Å². The molecule has 5 nitrogen and oxygen atoms in total. The average Bonchev–Trinajstić information content (AvgIpc) is 2.86. The van der Waals surface area contributed by atoms with E-state index in [-0.39, 0.29) is 5.75 Å². The Balaban J connectivity index is 2.21. The Morgan fingerprint density at radius 3 is 2.52 bits per heavy atom. The van der Waals surface area contributed by atoms with Crippen molar-refractivity contribution in [3.63, 3.8) is 0 Å². The highest BCUT2D eigenvalue weighted by Gasteiger charge is 2.27. The highest BCUT2D eigenvalue weighted by Crippen LogP contribution is 2.25. The van der Waals surface area contributed by atoms with Gasteiger partial charge in [0, 0.05) is 10.9 Å². The zero-order valence-corrected chi connectivity index (χ0v) is 13.4. The Hall–Kier alpha value is -1.73. The molecule has 0 bridgehead atoms. The van der Waals surface area contributed by atoms with Gasteiger partial charge in [0.2, 0.25) is 5.91 Å². The maximum atomic E-state index is 12.0. The van der Waals surface area contributed by atoms with E-state index in [2.05, 4.69) is 4.98 Å². The molecule has 1 heterocycles. The molecule has 7 heteroatoms. The summed E-state index contributed by atoms with van der Waals surface area (Å²) in [6.07, 6.45) is 0. The second kappa shape index (κ2) is 5.95. The summed E-state index contributed by atoms with van der Waals surface area (Å²) in [7, 11) is -3.62. The molecule has 1 amide bonds. The van der Waals surface area contributed by atoms with E-state index < -0.39 is 21.0 Å². The second-order valence-electron chi connectivity index (χ2n) is 4.86. The molecule has 0 saturated carbocycles. The van der Waals surface area contributed by atoms with E-state index >= 15 is 0 Å². The molecular formula is C14H16N2O3S2. The van der Waals surface area contributed by atoms with Crippen LogP contribution in [0, 0.1) is 6.92 Å². The summed E-state index contributed by atoms with van der Waals surface area (Å²) in [5.41, 5.74) is 7.57. The summed E-state index contributed by atoms with van der Waals surface area (Å²) in [5.74, 6) is -1.12. The molecule has 1 atom stereocenters. The van der Waals surface area contributed by atoms with Gasteiger partial charge in [-0.05, 0) is 13.8 Å². The predicted octanol–water partition coefficient (Wildman–Crippen LogP) is 1.91. The zero-order valence-electron chi connectivity index (χ0n) is 11.7. The van der Waals surface area contributed by atoms with Crippen LogP contribution >= 0.6 is 11.3 Å². The van der Waals surface area contributed by atoms with Crippen molar-refractivity contribution < 1.29 is 13.2 Å². The van der Waals surface area contributed by atoms with Crippen LogP contribution in [-0.2, 0) is 20.4 Å². The van der Waals surface area contributed by atoms with Crippen LogP contribution < -0.4 is 5.73 Å². The van der Waals surface area contributed by atoms with Crippen molar-refractivity contribution in [2.45, 2.75) is 24.9 Å². The molecule has 1 unspecified atom stereocenters. The van der Waals surface area contributed by atoms with Crippen molar-refractivity contribution in [1.82, 2.24) is 4.98 Å². The Kier molecular flexibility index (Phi) is 4.43. The molecule has 0 aliphatic carbocycles. The van der Waals surface area contributed by atoms with E-state index in [4.69, 9.17) is 5.73 Å². The van der Waals surface area contributed by atoms with Crippen molar-refractivity contribution in [1.29, 1.82) is 0 Å². The number of hydrogen-bond donors (Lipinski definition) is 1. The van der Waals surface area contributed by atoms with E-state index in [1.807, 2.05) is 31.2 Å². The molecule has 2 aromatic rings. The second-order valence-corrected chi connectivity index (χ2v) is 8.04. The van der Waals surface area contributed by atoms with E-state index in [1.54, 1.807) is 5.38 Å². The molecule has 0 aliphatic rings. The van der Waals surface area contributed by atoms with Gasteiger partial charge in [0.1, 0.15) is 10.3 Å². The van der Waals surface area contributed by atoms with Gasteiger partial charge in [-0.2, -0.15) is 0 Å². The van der Waals surface area contributed by atoms with Gasteiger partial charge in [0.05, 0.1) is 11.4 Å². The molecule has 112 valence electrons. The number of aromatic nitrogens is 1. The first kappa shape index (κ1) is 15.7. The smallest absolute Gasteiger partial charge is 0.235 e. The monoisotopic (exact) mass is 324 g/mol. The van der Waals surface area contributed by atoms with Crippen molar-refractivity contribution in [3.05, 3.63) is 40.9 Å². The van der Waals surface area contributed by atoms with Crippen LogP contribution in [0.1, 0.15) is 18.2 Å². The maximum Gasteiger partial charge on any atom is 0.235 e. The van der Waals surface area contributed by atoms with Crippen molar-refractivity contribution in [2.24, 2.45) is 5.73 Å². The minimum absolute atomic E-state index is 0.278. The number of nitrogens with two attached hydrogens (primary N) is 1. The summed E-state index contributed by atoms with van der Waals surface area (Å²) in [6, 6.07) is 7.83. The minimum atomic E-state index is -3.62. The van der Waals surface area contributed by atoms with Gasteiger partial charge in [-0.3, -0.25) is 4.79 Å². The van der Waals surface area contributed by atoms with Crippen LogP contribution in [0.25, 0.3) is 10.6 Å². The highest BCUT2D eigenvalue weighted by molar-refractivity contribution is 7.92. The Bertz CT molecular complexity index is 749. The molecule has 1 aromatic carbocycles. The fourth-order valence-electron chi connectivity index (χ4n) is 1.71. The molecule has 0 spiro atoms. The van der Waals surface area contributed by atoms with E-state index in [0.717, 1.165) is 16.1 Å². The SMILES string of the molecule is Cc1ccc(-c2nc(CS(=O)(=O)C(C)C(N)=O)cs2)cc1. The lowest BCUT2D eigenvalue weighted by Gasteiger charge is -2.07. The molecule has 21 heavy (non-hydrogen) atoms. The Morgan fingerprint density at radius 2 is 1.95 bits per heavy atom. The van der Waals surface area contributed by atoms with Crippen molar-refractivity contribution in [3.8, 4) is 10.6 Å². The third kappa shape index (κ3) is 3.68. The van der Waals surface area contributed by atoms with Gasteiger partial charge in [0.15, 0.2) is 9.84 Å². The molecule has 2 rings (SSSR count). The molecule has 2 N–H and O–H groups in total. The van der Waals surface area contributed by atoms with Crippen LogP contribution in [0.3, 0.4) is 0 Å². The van der Waals surface area contributed by atoms with Crippen LogP contribution in [0.2, 0.25) is 0 Å². The lowest BCUT2D eigenvalue weighted by Crippen LogP contribution is -2.34. The summed E-state index contributed by atoms with van der Waals surface area (Å²) < 4.78 is 24.0. The van der Waals surface area contributed by atoms with Crippen molar-refractivity contribution >= 4 is 27.1 Å². The number of rotatable bonds is 5. The fourth-order valence-corrected chi connectivity index (χ4v) is 3.81. The molecule has 0 fully saturated rings. The van der Waals surface area contributed by atoms with E-state index in [9.17, 15) is 13.2 Å². The predicted molar refractivity (Wildman–Crippen MR) is 83.6 cm³/mol. The van der Waals surface area contributed by atoms with Gasteiger partial charge < -0.3 is 5.73 Å². The number of carbonyl (C=O) groups excluding carboxylic acids is 1.